The average Bonchev–Trinajstić information content (AvgIpc) is 2.60. The van der Waals surface area contributed by atoms with Crippen LogP contribution in [0.1, 0.15) is 26.2 Å². The lowest BCUT2D eigenvalue weighted by molar-refractivity contribution is -0.274. The third kappa shape index (κ3) is 5.70. The van der Waals surface area contributed by atoms with Crippen LogP contribution in [0.3, 0.4) is 0 Å². The topological polar surface area (TPSA) is 72.0 Å². The number of halogens is 5. The fourth-order valence-corrected chi connectivity index (χ4v) is 3.58. The lowest BCUT2D eigenvalue weighted by atomic mass is 9.94. The lowest BCUT2D eigenvalue weighted by Crippen LogP contribution is -2.59. The molecule has 3 rings (SSSR count). The van der Waals surface area contributed by atoms with E-state index in [4.69, 9.17) is 4.74 Å². The van der Waals surface area contributed by atoms with Gasteiger partial charge in [-0.05, 0) is 18.4 Å². The Hall–Kier alpha value is -2.66. The molecule has 0 N–H and O–H groups in total. The van der Waals surface area contributed by atoms with E-state index in [9.17, 15) is 31.5 Å². The predicted molar refractivity (Wildman–Crippen MR) is 92.0 cm³/mol. The van der Waals surface area contributed by atoms with E-state index in [1.165, 1.54) is 4.90 Å². The summed E-state index contributed by atoms with van der Waals surface area (Å²) in [6.45, 7) is 1.22. The minimum absolute atomic E-state index is 0.135. The Morgan fingerprint density at radius 3 is 2.63 bits per heavy atom. The highest BCUT2D eigenvalue weighted by Gasteiger charge is 2.46. The summed E-state index contributed by atoms with van der Waals surface area (Å²) < 4.78 is 73.6. The van der Waals surface area contributed by atoms with Crippen molar-refractivity contribution < 1.29 is 41.0 Å². The zero-order chi connectivity index (χ0) is 22.1. The van der Waals surface area contributed by atoms with E-state index in [1.807, 2.05) is 6.92 Å². The fraction of sp³-hybridized carbons (Fsp3) is 0.611. The monoisotopic (exact) mass is 437 g/mol. The molecule has 0 spiro atoms. The summed E-state index contributed by atoms with van der Waals surface area (Å²) in [5, 5.41) is 0. The van der Waals surface area contributed by atoms with Crippen LogP contribution in [0.2, 0.25) is 0 Å². The van der Waals surface area contributed by atoms with Crippen molar-refractivity contribution in [3.8, 4) is 11.6 Å². The molecule has 2 aliphatic heterocycles. The van der Waals surface area contributed by atoms with Gasteiger partial charge in [0, 0.05) is 32.0 Å². The van der Waals surface area contributed by atoms with E-state index in [0.717, 1.165) is 17.0 Å². The van der Waals surface area contributed by atoms with Gasteiger partial charge in [-0.3, -0.25) is 9.69 Å². The van der Waals surface area contributed by atoms with E-state index in [1.54, 1.807) is 0 Å². The molecule has 0 aromatic carbocycles. The number of pyridine rings is 1. The van der Waals surface area contributed by atoms with E-state index in [2.05, 4.69) is 9.72 Å². The van der Waals surface area contributed by atoms with Crippen molar-refractivity contribution >= 4 is 12.0 Å². The predicted octanol–water partition coefficient (Wildman–Crippen LogP) is 3.45. The number of carbonyl (C=O) groups is 2. The molecule has 2 fully saturated rings. The number of ether oxygens (including phenoxy) is 2. The molecule has 0 bridgehead atoms. The number of piperidine rings is 2. The largest absolute Gasteiger partial charge is 0.573 e. The number of amides is 2. The molecule has 1 aromatic heterocycles. The lowest BCUT2D eigenvalue weighted by Gasteiger charge is -2.43. The molecule has 1 aromatic rings. The molecule has 2 amide bonds. The Bertz CT molecular complexity index is 787. The molecule has 7 nitrogen and oxygen atoms in total. The molecule has 1 unspecified atom stereocenters. The quantitative estimate of drug-likeness (QED) is 0.678. The molecule has 166 valence electrons. The van der Waals surface area contributed by atoms with Gasteiger partial charge in [0.1, 0.15) is 5.75 Å². The van der Waals surface area contributed by atoms with Crippen LogP contribution in [0, 0.1) is 5.92 Å². The van der Waals surface area contributed by atoms with Gasteiger partial charge in [-0.2, -0.15) is 0 Å². The minimum Gasteiger partial charge on any atom is -0.404 e. The first kappa shape index (κ1) is 22.0. The number of carbonyl (C=O) groups excluding carboxylic acids is 2. The molecular weight excluding hydrogens is 417 g/mol. The fourth-order valence-electron chi connectivity index (χ4n) is 3.58. The number of nitrogens with zero attached hydrogens (tertiary/aromatic N) is 3. The summed E-state index contributed by atoms with van der Waals surface area (Å²) in [7, 11) is 0. The van der Waals surface area contributed by atoms with E-state index < -0.39 is 43.1 Å². The normalized spacial score (nSPS) is 24.5. The van der Waals surface area contributed by atoms with Gasteiger partial charge in [-0.1, -0.05) is 6.92 Å². The third-order valence-electron chi connectivity index (χ3n) is 4.93. The van der Waals surface area contributed by atoms with Crippen LogP contribution < -0.4 is 9.47 Å². The smallest absolute Gasteiger partial charge is 0.404 e. The highest BCUT2D eigenvalue weighted by Crippen LogP contribution is 2.32. The summed E-state index contributed by atoms with van der Waals surface area (Å²) in [5.41, 5.74) is 0. The number of hydrogen-bond donors (Lipinski definition) is 0. The van der Waals surface area contributed by atoms with Crippen LogP contribution in [-0.2, 0) is 4.79 Å². The van der Waals surface area contributed by atoms with Gasteiger partial charge in [0.2, 0.25) is 11.8 Å². The van der Waals surface area contributed by atoms with E-state index in [-0.39, 0.29) is 30.7 Å². The van der Waals surface area contributed by atoms with Gasteiger partial charge in [0.05, 0.1) is 18.8 Å². The molecule has 12 heteroatoms. The molecule has 0 radical (unpaired) electrons. The Morgan fingerprint density at radius 1 is 1.30 bits per heavy atom. The second-order valence-electron chi connectivity index (χ2n) is 7.53. The standard InChI is InChI=1S/C18H20F5N3O4/c1-11-4-5-26(15(27)6-11)12-7-17(19,20)10-25(9-12)16(28)29-14-3-2-13(8-24-14)30-18(21,22)23/h2-3,8,11-12H,4-7,9-10H2,1H3/t11-,12?/m0/s1. The SMILES string of the molecule is C[C@H]1CCN(C2CN(C(=O)Oc3ccc(OC(F)(F)F)cn3)CC(F)(F)C2)C(=O)C1. The number of alkyl halides is 5. The van der Waals surface area contributed by atoms with Crippen molar-refractivity contribution in [3.63, 3.8) is 0 Å². The zero-order valence-corrected chi connectivity index (χ0v) is 16.0. The molecule has 2 aliphatic rings. The van der Waals surface area contributed by atoms with Gasteiger partial charge in [0.15, 0.2) is 0 Å². The first-order valence-corrected chi connectivity index (χ1v) is 9.28. The molecule has 2 atom stereocenters. The Morgan fingerprint density at radius 2 is 2.03 bits per heavy atom. The van der Waals surface area contributed by atoms with Crippen LogP contribution in [0.4, 0.5) is 26.7 Å². The van der Waals surface area contributed by atoms with Gasteiger partial charge >= 0.3 is 12.5 Å². The van der Waals surface area contributed by atoms with Gasteiger partial charge in [-0.15, -0.1) is 13.2 Å². The first-order valence-electron chi connectivity index (χ1n) is 9.28. The van der Waals surface area contributed by atoms with Gasteiger partial charge in [-0.25, -0.2) is 18.6 Å². The van der Waals surface area contributed by atoms with Crippen molar-refractivity contribution in [2.24, 2.45) is 5.92 Å². The Kier molecular flexibility index (Phi) is 6.04. The van der Waals surface area contributed by atoms with Crippen molar-refractivity contribution in [2.45, 2.75) is 44.5 Å². The van der Waals surface area contributed by atoms with Crippen LogP contribution in [-0.4, -0.2) is 64.7 Å². The number of rotatable bonds is 3. The van der Waals surface area contributed by atoms with Gasteiger partial charge < -0.3 is 14.4 Å². The summed E-state index contributed by atoms with van der Waals surface area (Å²) in [6.07, 6.45) is -4.94. The van der Waals surface area contributed by atoms with Crippen molar-refractivity contribution in [1.82, 2.24) is 14.8 Å². The maximum Gasteiger partial charge on any atom is 0.573 e. The maximum absolute atomic E-state index is 14.2. The number of aromatic nitrogens is 1. The van der Waals surface area contributed by atoms with Gasteiger partial charge in [0.25, 0.3) is 5.92 Å². The summed E-state index contributed by atoms with van der Waals surface area (Å²) >= 11 is 0. The molecule has 0 saturated carbocycles. The van der Waals surface area contributed by atoms with Crippen molar-refractivity contribution in [3.05, 3.63) is 18.3 Å². The third-order valence-corrected chi connectivity index (χ3v) is 4.93. The Balaban J connectivity index is 1.65. The highest BCUT2D eigenvalue weighted by molar-refractivity contribution is 5.78. The molecule has 30 heavy (non-hydrogen) atoms. The van der Waals surface area contributed by atoms with Crippen LogP contribution in [0.15, 0.2) is 18.3 Å². The molecule has 3 heterocycles. The van der Waals surface area contributed by atoms with E-state index in [0.29, 0.717) is 19.2 Å². The second-order valence-corrected chi connectivity index (χ2v) is 7.53. The number of hydrogen-bond acceptors (Lipinski definition) is 5. The molecule has 2 saturated heterocycles. The van der Waals surface area contributed by atoms with Crippen molar-refractivity contribution in [2.75, 3.05) is 19.6 Å². The van der Waals surface area contributed by atoms with E-state index >= 15 is 0 Å². The maximum atomic E-state index is 14.2. The highest BCUT2D eigenvalue weighted by atomic mass is 19.4. The molecular formula is C18H20F5N3O4. The first-order chi connectivity index (χ1) is 13.9. The van der Waals surface area contributed by atoms with Crippen LogP contribution in [0.25, 0.3) is 0 Å². The Labute approximate surface area is 168 Å². The molecule has 0 aliphatic carbocycles. The van der Waals surface area contributed by atoms with Crippen molar-refractivity contribution in [1.29, 1.82) is 0 Å². The number of likely N-dealkylation sites (tertiary alicyclic amines) is 2. The average molecular weight is 437 g/mol. The minimum atomic E-state index is -4.90. The van der Waals surface area contributed by atoms with Crippen LogP contribution in [0.5, 0.6) is 11.6 Å². The zero-order valence-electron chi connectivity index (χ0n) is 16.0. The summed E-state index contributed by atoms with van der Waals surface area (Å²) in [4.78, 5) is 30.3. The summed E-state index contributed by atoms with van der Waals surface area (Å²) in [5.74, 6) is -4.27. The second kappa shape index (κ2) is 8.23. The summed E-state index contributed by atoms with van der Waals surface area (Å²) in [6, 6.07) is 0.982. The van der Waals surface area contributed by atoms with Crippen LogP contribution >= 0.6 is 0 Å².